The van der Waals surface area contributed by atoms with E-state index in [4.69, 9.17) is 19.3 Å². The van der Waals surface area contributed by atoms with Crippen molar-refractivity contribution in [3.05, 3.63) is 43.8 Å². The molecule has 0 saturated carbocycles. The predicted molar refractivity (Wildman–Crippen MR) is 111 cm³/mol. The fraction of sp³-hybridized carbons (Fsp3) is 0.333. The number of aromatic hydroxyl groups is 1. The van der Waals surface area contributed by atoms with Gasteiger partial charge in [-0.05, 0) is 69.8 Å². The number of phenols is 1. The van der Waals surface area contributed by atoms with Crippen LogP contribution in [0.5, 0.6) is 23.0 Å². The third-order valence-corrected chi connectivity index (χ3v) is 6.33. The zero-order valence-electron chi connectivity index (χ0n) is 15.3. The highest BCUT2D eigenvalue weighted by Crippen LogP contribution is 2.47. The summed E-state index contributed by atoms with van der Waals surface area (Å²) in [5.41, 5.74) is 2.22. The maximum absolute atomic E-state index is 11.1. The minimum absolute atomic E-state index is 0.137. The van der Waals surface area contributed by atoms with E-state index in [1.807, 2.05) is 27.7 Å². The van der Waals surface area contributed by atoms with Crippen LogP contribution >= 0.6 is 39.5 Å². The van der Waals surface area contributed by atoms with E-state index >= 15 is 0 Å². The molecular weight excluding hydrogens is 503 g/mol. The predicted octanol–water partition coefficient (Wildman–Crippen LogP) is 5.96. The van der Waals surface area contributed by atoms with Crippen molar-refractivity contribution in [3.63, 3.8) is 0 Å². The number of hydrogen-bond donors (Lipinski definition) is 3. The average molecular weight is 524 g/mol. The molecular formula is C18H21Br2O6P. The third kappa shape index (κ3) is 5.27. The van der Waals surface area contributed by atoms with Gasteiger partial charge in [0.15, 0.2) is 6.35 Å². The van der Waals surface area contributed by atoms with Gasteiger partial charge in [0.25, 0.3) is 0 Å². The lowest BCUT2D eigenvalue weighted by molar-refractivity contribution is 0.298. The second-order valence-corrected chi connectivity index (χ2v) is 9.63. The van der Waals surface area contributed by atoms with Gasteiger partial charge in [-0.3, -0.25) is 4.57 Å². The molecule has 0 spiro atoms. The Labute approximate surface area is 174 Å². The molecule has 9 heteroatoms. The van der Waals surface area contributed by atoms with E-state index in [-0.39, 0.29) is 11.7 Å². The zero-order chi connectivity index (χ0) is 20.5. The molecule has 3 N–H and O–H groups in total. The van der Waals surface area contributed by atoms with Crippen molar-refractivity contribution in [1.82, 2.24) is 0 Å². The summed E-state index contributed by atoms with van der Waals surface area (Å²) in [5.74, 6) is 1.81. The van der Waals surface area contributed by atoms with Gasteiger partial charge in [-0.2, -0.15) is 0 Å². The first-order chi connectivity index (χ1) is 12.4. The summed E-state index contributed by atoms with van der Waals surface area (Å²) in [7, 11) is -4.31. The summed E-state index contributed by atoms with van der Waals surface area (Å²) in [6.07, 6.45) is -0.723. The van der Waals surface area contributed by atoms with Gasteiger partial charge >= 0.3 is 7.60 Å². The van der Waals surface area contributed by atoms with Crippen molar-refractivity contribution >= 4 is 39.5 Å². The fourth-order valence-electron chi connectivity index (χ4n) is 2.52. The van der Waals surface area contributed by atoms with Gasteiger partial charge in [0.2, 0.25) is 0 Å². The molecule has 0 unspecified atom stereocenters. The van der Waals surface area contributed by atoms with Crippen LogP contribution in [0.15, 0.2) is 27.1 Å². The summed E-state index contributed by atoms with van der Waals surface area (Å²) in [5, 5.41) is 9.98. The van der Waals surface area contributed by atoms with Crippen molar-refractivity contribution in [2.45, 2.75) is 33.6 Å². The van der Waals surface area contributed by atoms with Gasteiger partial charge in [-0.1, -0.05) is 13.8 Å². The molecule has 0 atom stereocenters. The van der Waals surface area contributed by atoms with Gasteiger partial charge in [-0.25, -0.2) is 0 Å². The molecule has 6 nitrogen and oxygen atoms in total. The summed E-state index contributed by atoms with van der Waals surface area (Å²) in [6, 6.07) is 5.07. The maximum Gasteiger partial charge on any atom is 0.362 e. The lowest BCUT2D eigenvalue weighted by atomic mass is 10.0. The molecule has 0 heterocycles. The SMILES string of the molecule is Cc1c(Br)c(OCP(=O)(O)O)c(Br)c(C)c1Oc1ccc(O)c(C(C)C)c1. The van der Waals surface area contributed by atoms with E-state index in [1.54, 1.807) is 18.2 Å². The first-order valence-electron chi connectivity index (χ1n) is 8.08. The van der Waals surface area contributed by atoms with Crippen molar-refractivity contribution in [2.24, 2.45) is 0 Å². The van der Waals surface area contributed by atoms with Crippen molar-refractivity contribution < 1.29 is 28.9 Å². The lowest BCUT2D eigenvalue weighted by Crippen LogP contribution is -2.03. The van der Waals surface area contributed by atoms with E-state index in [1.165, 1.54) is 0 Å². The number of ether oxygens (including phenoxy) is 2. The third-order valence-electron chi connectivity index (χ3n) is 3.96. The van der Waals surface area contributed by atoms with Crippen LogP contribution in [0.4, 0.5) is 0 Å². The fourth-order valence-corrected chi connectivity index (χ4v) is 4.07. The Hall–Kier alpha value is -1.05. The zero-order valence-corrected chi connectivity index (χ0v) is 19.4. The van der Waals surface area contributed by atoms with Crippen LogP contribution in [-0.2, 0) is 4.57 Å². The molecule has 0 saturated heterocycles. The largest absolute Gasteiger partial charge is 0.508 e. The molecule has 0 aliphatic rings. The van der Waals surface area contributed by atoms with Gasteiger partial charge in [0.1, 0.15) is 23.0 Å². The van der Waals surface area contributed by atoms with Crippen LogP contribution in [0.1, 0.15) is 36.5 Å². The second kappa shape index (κ2) is 8.53. The molecule has 27 heavy (non-hydrogen) atoms. The van der Waals surface area contributed by atoms with Crippen molar-refractivity contribution in [1.29, 1.82) is 0 Å². The summed E-state index contributed by atoms with van der Waals surface area (Å²) in [6.45, 7) is 7.59. The molecule has 0 bridgehead atoms. The summed E-state index contributed by atoms with van der Waals surface area (Å²) in [4.78, 5) is 18.1. The topological polar surface area (TPSA) is 96.2 Å². The Balaban J connectivity index is 2.44. The van der Waals surface area contributed by atoms with Crippen LogP contribution in [-0.4, -0.2) is 21.2 Å². The smallest absolute Gasteiger partial charge is 0.362 e. The Morgan fingerprint density at radius 2 is 1.63 bits per heavy atom. The standard InChI is InChI=1S/C18H21Br2O6P/c1-9(2)13-7-12(5-6-14(13)21)26-17-10(3)15(19)18(16(20)11(17)4)25-8-27(22,23)24/h5-7,9,21H,8H2,1-4H3,(H2,22,23,24). The number of halogens is 2. The van der Waals surface area contributed by atoms with E-state index in [2.05, 4.69) is 31.9 Å². The Bertz CT molecular complexity index is 878. The molecule has 0 fully saturated rings. The van der Waals surface area contributed by atoms with E-state index < -0.39 is 13.9 Å². The first kappa shape index (κ1) is 22.2. The summed E-state index contributed by atoms with van der Waals surface area (Å²) >= 11 is 6.84. The number of benzene rings is 2. The van der Waals surface area contributed by atoms with Gasteiger partial charge in [0.05, 0.1) is 8.95 Å². The molecule has 0 aliphatic heterocycles. The maximum atomic E-state index is 11.1. The van der Waals surface area contributed by atoms with Gasteiger partial charge < -0.3 is 24.4 Å². The molecule has 0 radical (unpaired) electrons. The van der Waals surface area contributed by atoms with Crippen LogP contribution in [0.2, 0.25) is 0 Å². The normalized spacial score (nSPS) is 11.7. The second-order valence-electron chi connectivity index (χ2n) is 6.45. The van der Waals surface area contributed by atoms with Crippen LogP contribution in [0, 0.1) is 13.8 Å². The molecule has 2 aromatic carbocycles. The molecule has 2 rings (SSSR count). The minimum Gasteiger partial charge on any atom is -0.508 e. The highest BCUT2D eigenvalue weighted by atomic mass is 79.9. The van der Waals surface area contributed by atoms with E-state index in [0.717, 1.165) is 16.7 Å². The monoisotopic (exact) mass is 522 g/mol. The number of rotatable bonds is 6. The molecule has 0 aromatic heterocycles. The Kier molecular flexibility index (Phi) is 7.03. The Morgan fingerprint density at radius 3 is 2.11 bits per heavy atom. The van der Waals surface area contributed by atoms with E-state index in [9.17, 15) is 9.67 Å². The average Bonchev–Trinajstić information content (AvgIpc) is 2.57. The Morgan fingerprint density at radius 1 is 1.07 bits per heavy atom. The highest BCUT2D eigenvalue weighted by Gasteiger charge is 2.23. The lowest BCUT2D eigenvalue weighted by Gasteiger charge is -2.20. The first-order valence-corrected chi connectivity index (χ1v) is 11.5. The molecule has 0 aliphatic carbocycles. The molecule has 2 aromatic rings. The number of hydrogen-bond acceptors (Lipinski definition) is 4. The van der Waals surface area contributed by atoms with Crippen LogP contribution in [0.25, 0.3) is 0 Å². The van der Waals surface area contributed by atoms with Crippen molar-refractivity contribution in [2.75, 3.05) is 6.35 Å². The van der Waals surface area contributed by atoms with Crippen LogP contribution in [0.3, 0.4) is 0 Å². The molecule has 0 amide bonds. The quantitative estimate of drug-likeness (QED) is 0.404. The van der Waals surface area contributed by atoms with Gasteiger partial charge in [0, 0.05) is 16.7 Å². The number of phenolic OH excluding ortho intramolecular Hbond substituents is 1. The minimum atomic E-state index is -4.31. The highest BCUT2D eigenvalue weighted by molar-refractivity contribution is 9.11. The van der Waals surface area contributed by atoms with Gasteiger partial charge in [-0.15, -0.1) is 0 Å². The van der Waals surface area contributed by atoms with Crippen LogP contribution < -0.4 is 9.47 Å². The molecule has 148 valence electrons. The van der Waals surface area contributed by atoms with Crippen molar-refractivity contribution in [3.8, 4) is 23.0 Å². The van der Waals surface area contributed by atoms with E-state index in [0.29, 0.717) is 26.2 Å². The summed E-state index contributed by atoms with van der Waals surface area (Å²) < 4.78 is 23.6.